The maximum atomic E-state index is 13.9. The van der Waals surface area contributed by atoms with Crippen LogP contribution in [0, 0.1) is 11.6 Å². The molecule has 4 aromatic rings. The Hall–Kier alpha value is -3.58. The molecular weight excluding hydrogens is 414 g/mol. The lowest BCUT2D eigenvalue weighted by Crippen LogP contribution is -2.30. The molecule has 4 nitrogen and oxygen atoms in total. The summed E-state index contributed by atoms with van der Waals surface area (Å²) in [6.07, 6.45) is 3.63. The lowest BCUT2D eigenvalue weighted by atomic mass is 10.0. The minimum atomic E-state index is -0.317. The van der Waals surface area contributed by atoms with Crippen molar-refractivity contribution in [3.8, 4) is 5.69 Å². The Morgan fingerprint density at radius 2 is 1.68 bits per heavy atom. The van der Waals surface area contributed by atoms with Gasteiger partial charge in [0.05, 0.1) is 11.7 Å². The van der Waals surface area contributed by atoms with Crippen LogP contribution in [0.2, 0.25) is 0 Å². The van der Waals surface area contributed by atoms with Crippen molar-refractivity contribution in [3.63, 3.8) is 0 Å². The van der Waals surface area contributed by atoms with Crippen LogP contribution < -0.4 is 10.2 Å². The third-order valence-corrected chi connectivity index (χ3v) is 5.69. The van der Waals surface area contributed by atoms with Crippen LogP contribution in [0.15, 0.2) is 91.3 Å². The van der Waals surface area contributed by atoms with E-state index in [2.05, 4.69) is 10.3 Å². The van der Waals surface area contributed by atoms with Gasteiger partial charge < -0.3 is 14.8 Å². The van der Waals surface area contributed by atoms with Gasteiger partial charge in [-0.05, 0) is 78.9 Å². The molecule has 3 heterocycles. The Balaban J connectivity index is 1.67. The summed E-state index contributed by atoms with van der Waals surface area (Å²) in [5.41, 5.74) is 3.19. The molecule has 0 amide bonds. The molecule has 0 aliphatic carbocycles. The predicted octanol–water partition coefficient (Wildman–Crippen LogP) is 5.33. The molecule has 1 fully saturated rings. The van der Waals surface area contributed by atoms with E-state index in [9.17, 15) is 8.78 Å². The van der Waals surface area contributed by atoms with Crippen LogP contribution in [0.25, 0.3) is 5.69 Å². The zero-order chi connectivity index (χ0) is 21.4. The van der Waals surface area contributed by atoms with Crippen LogP contribution in [0.4, 0.5) is 14.5 Å². The van der Waals surface area contributed by atoms with Crippen molar-refractivity contribution >= 4 is 23.0 Å². The topological polar surface area (TPSA) is 33.1 Å². The van der Waals surface area contributed by atoms with Gasteiger partial charge in [0.15, 0.2) is 5.11 Å². The summed E-state index contributed by atoms with van der Waals surface area (Å²) in [5, 5.41) is 3.89. The molecular formula is C24H18F2N4S. The number of anilines is 1. The lowest BCUT2D eigenvalue weighted by Gasteiger charge is -2.29. The van der Waals surface area contributed by atoms with Crippen molar-refractivity contribution in [3.05, 3.63) is 114 Å². The van der Waals surface area contributed by atoms with Crippen molar-refractivity contribution in [1.82, 2.24) is 14.9 Å². The molecule has 2 aromatic carbocycles. The van der Waals surface area contributed by atoms with E-state index in [1.807, 2.05) is 52.1 Å². The molecule has 5 rings (SSSR count). The fraction of sp³-hybridized carbons (Fsp3) is 0.0833. The van der Waals surface area contributed by atoms with E-state index in [4.69, 9.17) is 12.2 Å². The second-order valence-corrected chi connectivity index (χ2v) is 7.64. The van der Waals surface area contributed by atoms with Gasteiger partial charge in [0.1, 0.15) is 17.7 Å². The number of rotatable bonds is 4. The maximum Gasteiger partial charge on any atom is 0.174 e. The second kappa shape index (κ2) is 7.92. The predicted molar refractivity (Wildman–Crippen MR) is 120 cm³/mol. The van der Waals surface area contributed by atoms with E-state index in [0.29, 0.717) is 10.8 Å². The first-order valence-electron chi connectivity index (χ1n) is 9.81. The molecule has 0 bridgehead atoms. The van der Waals surface area contributed by atoms with Crippen LogP contribution in [0.1, 0.15) is 23.5 Å². The summed E-state index contributed by atoms with van der Waals surface area (Å²) in [6, 6.07) is 21.8. The molecule has 1 N–H and O–H groups in total. The summed E-state index contributed by atoms with van der Waals surface area (Å²) >= 11 is 5.69. The third kappa shape index (κ3) is 3.57. The number of hydrogen-bond donors (Lipinski definition) is 1. The Morgan fingerprint density at radius 3 is 2.42 bits per heavy atom. The number of benzene rings is 2. The van der Waals surface area contributed by atoms with E-state index in [0.717, 1.165) is 17.1 Å². The smallest absolute Gasteiger partial charge is 0.174 e. The highest BCUT2D eigenvalue weighted by molar-refractivity contribution is 7.80. The zero-order valence-electron chi connectivity index (χ0n) is 16.3. The third-order valence-electron chi connectivity index (χ3n) is 5.37. The first-order valence-corrected chi connectivity index (χ1v) is 10.2. The largest absolute Gasteiger partial charge is 0.351 e. The lowest BCUT2D eigenvalue weighted by molar-refractivity contribution is 0.548. The quantitative estimate of drug-likeness (QED) is 0.442. The van der Waals surface area contributed by atoms with Gasteiger partial charge in [0.25, 0.3) is 0 Å². The Kier molecular flexibility index (Phi) is 4.95. The van der Waals surface area contributed by atoms with Gasteiger partial charge in [-0.2, -0.15) is 0 Å². The van der Waals surface area contributed by atoms with Gasteiger partial charge in [0.2, 0.25) is 0 Å². The van der Waals surface area contributed by atoms with Gasteiger partial charge in [-0.15, -0.1) is 0 Å². The summed E-state index contributed by atoms with van der Waals surface area (Å²) < 4.78 is 29.5. The normalized spacial score (nSPS) is 18.3. The van der Waals surface area contributed by atoms with Crippen molar-refractivity contribution in [1.29, 1.82) is 0 Å². The molecule has 0 unspecified atom stereocenters. The number of nitrogens with zero attached hydrogens (tertiary/aromatic N) is 3. The highest BCUT2D eigenvalue weighted by Crippen LogP contribution is 2.42. The average Bonchev–Trinajstić information content (AvgIpc) is 3.39. The first kappa shape index (κ1) is 19.4. The van der Waals surface area contributed by atoms with Crippen molar-refractivity contribution in [2.45, 2.75) is 12.1 Å². The van der Waals surface area contributed by atoms with Crippen molar-refractivity contribution in [2.75, 3.05) is 4.90 Å². The first-order chi connectivity index (χ1) is 15.1. The number of halogens is 2. The molecule has 0 saturated carbocycles. The summed E-state index contributed by atoms with van der Waals surface area (Å²) in [6.45, 7) is 0. The van der Waals surface area contributed by atoms with Gasteiger partial charge in [-0.1, -0.05) is 12.1 Å². The second-order valence-electron chi connectivity index (χ2n) is 7.26. The minimum Gasteiger partial charge on any atom is -0.351 e. The van der Waals surface area contributed by atoms with Crippen LogP contribution >= 0.6 is 12.2 Å². The minimum absolute atomic E-state index is 0.249. The molecule has 2 atom stereocenters. The van der Waals surface area contributed by atoms with Gasteiger partial charge in [-0.3, -0.25) is 4.98 Å². The average molecular weight is 432 g/mol. The van der Waals surface area contributed by atoms with E-state index in [1.54, 1.807) is 24.4 Å². The summed E-state index contributed by atoms with van der Waals surface area (Å²) in [5.74, 6) is -0.628. The summed E-state index contributed by atoms with van der Waals surface area (Å²) in [7, 11) is 0. The molecule has 0 spiro atoms. The number of nitrogens with one attached hydrogen (secondary N) is 1. The zero-order valence-corrected chi connectivity index (χ0v) is 17.1. The fourth-order valence-electron chi connectivity index (χ4n) is 4.03. The van der Waals surface area contributed by atoms with Crippen LogP contribution in [-0.4, -0.2) is 14.7 Å². The van der Waals surface area contributed by atoms with Crippen LogP contribution in [-0.2, 0) is 0 Å². The number of hydrogen-bond acceptors (Lipinski definition) is 2. The summed E-state index contributed by atoms with van der Waals surface area (Å²) in [4.78, 5) is 6.49. The van der Waals surface area contributed by atoms with E-state index in [1.165, 1.54) is 24.3 Å². The number of aromatic nitrogens is 2. The number of thiocarbonyl (C=S) groups is 1. The Morgan fingerprint density at radius 1 is 0.839 bits per heavy atom. The van der Waals surface area contributed by atoms with Crippen molar-refractivity contribution < 1.29 is 8.78 Å². The number of pyridine rings is 1. The molecule has 0 radical (unpaired) electrons. The van der Waals surface area contributed by atoms with E-state index >= 15 is 0 Å². The van der Waals surface area contributed by atoms with Crippen molar-refractivity contribution in [2.24, 2.45) is 0 Å². The molecule has 2 aromatic heterocycles. The van der Waals surface area contributed by atoms with Gasteiger partial charge >= 0.3 is 0 Å². The highest BCUT2D eigenvalue weighted by atomic mass is 32.1. The Bertz CT molecular complexity index is 1220. The van der Waals surface area contributed by atoms with Gasteiger partial charge in [-0.25, -0.2) is 8.78 Å². The standard InChI is InChI=1S/C24H18F2N4S/c25-16-9-11-18(12-10-16)30-23(22(28-24(30)31)20-7-1-2-13-27-20)21-8-4-14-29(21)19-6-3-5-17(26)15-19/h1-15,22-23H,(H,28,31)/t22-,23-/m0/s1. The SMILES string of the molecule is Fc1ccc(N2C(=S)N[C@@H](c3ccccn3)[C@@H]2c2cccn2-c2cccc(F)c2)cc1. The molecule has 1 aliphatic rings. The molecule has 31 heavy (non-hydrogen) atoms. The monoisotopic (exact) mass is 432 g/mol. The molecule has 7 heteroatoms. The van der Waals surface area contributed by atoms with Crippen LogP contribution in [0.3, 0.4) is 0 Å². The molecule has 1 aliphatic heterocycles. The van der Waals surface area contributed by atoms with Crippen LogP contribution in [0.5, 0.6) is 0 Å². The van der Waals surface area contributed by atoms with Gasteiger partial charge in [0, 0.05) is 29.5 Å². The molecule has 1 saturated heterocycles. The van der Waals surface area contributed by atoms with E-state index in [-0.39, 0.29) is 23.7 Å². The maximum absolute atomic E-state index is 13.9. The Labute approximate surface area is 183 Å². The fourth-order valence-corrected chi connectivity index (χ4v) is 4.38. The highest BCUT2D eigenvalue weighted by Gasteiger charge is 2.42. The molecule has 154 valence electrons. The van der Waals surface area contributed by atoms with E-state index < -0.39 is 0 Å².